The number of carboxylic acid groups (broad SMARTS) is 4. The summed E-state index contributed by atoms with van der Waals surface area (Å²) < 4.78 is 0. The number of rotatable bonds is 6. The van der Waals surface area contributed by atoms with Gasteiger partial charge in [-0.05, 0) is 41.5 Å². The van der Waals surface area contributed by atoms with Crippen LogP contribution in [0.15, 0.2) is 54.9 Å². The Morgan fingerprint density at radius 2 is 0.867 bits per heavy atom. The lowest BCUT2D eigenvalue weighted by atomic mass is 9.96. The summed E-state index contributed by atoms with van der Waals surface area (Å²) in [5.41, 5.74) is 0.238. The Kier molecular flexibility index (Phi) is 5.28. The van der Waals surface area contributed by atoms with E-state index in [-0.39, 0.29) is 22.3 Å². The number of pyridine rings is 1. The van der Waals surface area contributed by atoms with E-state index in [0.717, 1.165) is 0 Å². The van der Waals surface area contributed by atoms with Gasteiger partial charge < -0.3 is 20.4 Å². The van der Waals surface area contributed by atoms with E-state index in [9.17, 15) is 29.4 Å². The molecule has 1 aromatic heterocycles. The second-order valence-corrected chi connectivity index (χ2v) is 6.20. The summed E-state index contributed by atoms with van der Waals surface area (Å²) >= 11 is 0. The summed E-state index contributed by atoms with van der Waals surface area (Å²) in [6.07, 6.45) is 2.88. The van der Waals surface area contributed by atoms with Gasteiger partial charge in [-0.25, -0.2) is 19.2 Å². The quantitative estimate of drug-likeness (QED) is 0.480. The number of benzene rings is 2. The molecule has 150 valence electrons. The Labute approximate surface area is 168 Å². The minimum atomic E-state index is -1.39. The summed E-state index contributed by atoms with van der Waals surface area (Å²) in [6.45, 7) is 0. The molecule has 0 atom stereocenters. The average molecular weight is 407 g/mol. The van der Waals surface area contributed by atoms with Gasteiger partial charge in [0.25, 0.3) is 0 Å². The third kappa shape index (κ3) is 3.85. The van der Waals surface area contributed by atoms with Gasteiger partial charge in [-0.1, -0.05) is 12.1 Å². The highest BCUT2D eigenvalue weighted by Crippen LogP contribution is 2.28. The van der Waals surface area contributed by atoms with Crippen LogP contribution in [0.1, 0.15) is 41.4 Å². The minimum absolute atomic E-state index is 0.356. The molecule has 3 aromatic rings. The van der Waals surface area contributed by atoms with Gasteiger partial charge in [0.1, 0.15) is 0 Å². The molecule has 0 aliphatic heterocycles. The number of hydrogen-bond acceptors (Lipinski definition) is 5. The van der Waals surface area contributed by atoms with E-state index in [0.29, 0.717) is 22.3 Å². The zero-order valence-corrected chi connectivity index (χ0v) is 15.1. The van der Waals surface area contributed by atoms with Crippen LogP contribution in [0.25, 0.3) is 22.3 Å². The van der Waals surface area contributed by atoms with Crippen LogP contribution in [0.3, 0.4) is 0 Å². The number of aromatic carboxylic acids is 4. The maximum Gasteiger partial charge on any atom is 0.336 e. The van der Waals surface area contributed by atoms with Gasteiger partial charge in [0.2, 0.25) is 0 Å². The highest BCUT2D eigenvalue weighted by Gasteiger charge is 2.19. The van der Waals surface area contributed by atoms with Crippen molar-refractivity contribution in [1.82, 2.24) is 4.98 Å². The number of hydrogen-bond donors (Lipinski definition) is 4. The fourth-order valence-corrected chi connectivity index (χ4v) is 2.93. The zero-order chi connectivity index (χ0) is 22.0. The fraction of sp³-hybridized carbons (Fsp3) is 0. The van der Waals surface area contributed by atoms with Crippen molar-refractivity contribution in [2.75, 3.05) is 0 Å². The molecule has 0 bridgehead atoms. The molecule has 0 aliphatic carbocycles. The molecule has 0 saturated carbocycles. The van der Waals surface area contributed by atoms with E-state index in [1.807, 2.05) is 0 Å². The molecule has 9 heteroatoms. The van der Waals surface area contributed by atoms with E-state index in [4.69, 9.17) is 10.2 Å². The topological polar surface area (TPSA) is 162 Å². The molecule has 9 nitrogen and oxygen atoms in total. The molecule has 1 heterocycles. The molecule has 0 saturated heterocycles. The Morgan fingerprint density at radius 1 is 0.500 bits per heavy atom. The molecule has 30 heavy (non-hydrogen) atoms. The predicted octanol–water partition coefficient (Wildman–Crippen LogP) is 3.21. The maximum atomic E-state index is 11.4. The molecular formula is C21H13NO8. The Balaban J connectivity index is 2.10. The van der Waals surface area contributed by atoms with Crippen molar-refractivity contribution in [3.05, 3.63) is 77.1 Å². The van der Waals surface area contributed by atoms with Crippen LogP contribution >= 0.6 is 0 Å². The summed E-state index contributed by atoms with van der Waals surface area (Å²) in [5, 5.41) is 36.8. The monoisotopic (exact) mass is 407 g/mol. The van der Waals surface area contributed by atoms with Gasteiger partial charge in [-0.15, -0.1) is 0 Å². The summed E-state index contributed by atoms with van der Waals surface area (Å²) in [5.74, 6) is -5.53. The number of carbonyl (C=O) groups is 4. The zero-order valence-electron chi connectivity index (χ0n) is 15.1. The Morgan fingerprint density at radius 3 is 1.20 bits per heavy atom. The first-order valence-electron chi connectivity index (χ1n) is 8.36. The van der Waals surface area contributed by atoms with E-state index >= 15 is 0 Å². The molecule has 0 amide bonds. The molecule has 0 aliphatic rings. The number of aromatic nitrogens is 1. The van der Waals surface area contributed by atoms with Crippen LogP contribution in [-0.2, 0) is 0 Å². The van der Waals surface area contributed by atoms with Gasteiger partial charge >= 0.3 is 23.9 Å². The van der Waals surface area contributed by atoms with Gasteiger partial charge in [0.15, 0.2) is 0 Å². The van der Waals surface area contributed by atoms with Gasteiger partial charge in [-0.3, -0.25) is 4.98 Å². The van der Waals surface area contributed by atoms with Crippen LogP contribution in [0.4, 0.5) is 0 Å². The van der Waals surface area contributed by atoms with Crippen molar-refractivity contribution < 1.29 is 39.6 Å². The van der Waals surface area contributed by atoms with E-state index in [2.05, 4.69) is 4.98 Å². The first kappa shape index (κ1) is 20.2. The van der Waals surface area contributed by atoms with Crippen molar-refractivity contribution in [3.63, 3.8) is 0 Å². The van der Waals surface area contributed by atoms with Crippen molar-refractivity contribution in [2.24, 2.45) is 0 Å². The lowest BCUT2D eigenvalue weighted by Crippen LogP contribution is -2.08. The van der Waals surface area contributed by atoms with Crippen LogP contribution in [0.2, 0.25) is 0 Å². The third-order valence-electron chi connectivity index (χ3n) is 4.37. The second-order valence-electron chi connectivity index (χ2n) is 6.20. The summed E-state index contributed by atoms with van der Waals surface area (Å²) in [7, 11) is 0. The number of carboxylic acids is 4. The van der Waals surface area contributed by atoms with E-state index in [1.165, 1.54) is 48.8 Å². The van der Waals surface area contributed by atoms with Crippen LogP contribution in [0.5, 0.6) is 0 Å². The Bertz CT molecular complexity index is 1120. The van der Waals surface area contributed by atoms with Crippen molar-refractivity contribution in [2.45, 2.75) is 0 Å². The summed E-state index contributed by atoms with van der Waals surface area (Å²) in [6, 6.07) is 9.26. The van der Waals surface area contributed by atoms with Gasteiger partial charge in [0.05, 0.1) is 22.3 Å². The van der Waals surface area contributed by atoms with Crippen molar-refractivity contribution >= 4 is 23.9 Å². The molecule has 4 N–H and O–H groups in total. The summed E-state index contributed by atoms with van der Waals surface area (Å²) in [4.78, 5) is 49.3. The highest BCUT2D eigenvalue weighted by molar-refractivity contribution is 6.03. The van der Waals surface area contributed by atoms with Crippen molar-refractivity contribution in [1.29, 1.82) is 0 Å². The lowest BCUT2D eigenvalue weighted by Gasteiger charge is -2.09. The molecule has 0 radical (unpaired) electrons. The SMILES string of the molecule is O=C(O)c1ccc(-c2cncc(-c3ccc(C(=O)O)c(C(=O)O)c3)c2)cc1C(=O)O. The molecule has 0 spiro atoms. The standard InChI is InChI=1S/C21H13NO8/c23-18(24)14-3-1-10(6-16(14)20(27)28)12-5-13(9-22-8-12)11-2-4-15(19(25)26)17(7-11)21(29)30/h1-9H,(H,23,24)(H,25,26)(H,27,28)(H,29,30). The fourth-order valence-electron chi connectivity index (χ4n) is 2.93. The third-order valence-corrected chi connectivity index (χ3v) is 4.37. The van der Waals surface area contributed by atoms with Crippen LogP contribution < -0.4 is 0 Å². The molecular weight excluding hydrogens is 394 g/mol. The normalized spacial score (nSPS) is 10.4. The maximum absolute atomic E-state index is 11.4. The predicted molar refractivity (Wildman–Crippen MR) is 103 cm³/mol. The first-order chi connectivity index (χ1) is 14.2. The largest absolute Gasteiger partial charge is 0.478 e. The van der Waals surface area contributed by atoms with E-state index in [1.54, 1.807) is 6.07 Å². The van der Waals surface area contributed by atoms with Crippen LogP contribution in [-0.4, -0.2) is 49.3 Å². The van der Waals surface area contributed by atoms with Gasteiger partial charge in [0, 0.05) is 23.5 Å². The Hall–Kier alpha value is -4.53. The molecule has 2 aromatic carbocycles. The van der Waals surface area contributed by atoms with Crippen LogP contribution in [0, 0.1) is 0 Å². The average Bonchev–Trinajstić information content (AvgIpc) is 2.72. The second kappa shape index (κ2) is 7.84. The number of nitrogens with zero attached hydrogens (tertiary/aromatic N) is 1. The molecule has 3 rings (SSSR count). The molecule has 0 fully saturated rings. The van der Waals surface area contributed by atoms with Gasteiger partial charge in [-0.2, -0.15) is 0 Å². The highest BCUT2D eigenvalue weighted by atomic mass is 16.4. The smallest absolute Gasteiger partial charge is 0.336 e. The van der Waals surface area contributed by atoms with Crippen molar-refractivity contribution in [3.8, 4) is 22.3 Å². The molecule has 0 unspecified atom stereocenters. The lowest BCUT2D eigenvalue weighted by molar-refractivity contribution is 0.0651. The minimum Gasteiger partial charge on any atom is -0.478 e. The van der Waals surface area contributed by atoms with E-state index < -0.39 is 23.9 Å². The first-order valence-corrected chi connectivity index (χ1v) is 8.36.